The Bertz CT molecular complexity index is 632. The van der Waals surface area contributed by atoms with E-state index in [0.29, 0.717) is 0 Å². The minimum absolute atomic E-state index is 0.723. The second kappa shape index (κ2) is 5.31. The van der Waals surface area contributed by atoms with Crippen LogP contribution in [0.1, 0.15) is 25.2 Å². The third-order valence-electron chi connectivity index (χ3n) is 4.72. The van der Waals surface area contributed by atoms with Crippen molar-refractivity contribution in [3.63, 3.8) is 0 Å². The summed E-state index contributed by atoms with van der Waals surface area (Å²) in [4.78, 5) is 9.66. The second-order valence-electron chi connectivity index (χ2n) is 6.26. The Balaban J connectivity index is 1.43. The standard InChI is InChI=1S/C16H22N4O/c17-12-3-4-14-15(9-12)21-16(18-14)11-19-8-5-13(10-19)20-6-1-2-7-20/h3-4,9,13H,1-2,5-8,10-11,17H2. The molecule has 0 amide bonds. The van der Waals surface area contributed by atoms with Crippen LogP contribution in [0.25, 0.3) is 11.1 Å². The van der Waals surface area contributed by atoms with Gasteiger partial charge in [-0.3, -0.25) is 9.80 Å². The van der Waals surface area contributed by atoms with Crippen molar-refractivity contribution in [1.82, 2.24) is 14.8 Å². The average Bonchev–Trinajstić information content (AvgIpc) is 3.16. The number of aromatic nitrogens is 1. The number of fused-ring (bicyclic) bond motifs is 1. The van der Waals surface area contributed by atoms with Crippen molar-refractivity contribution in [3.05, 3.63) is 24.1 Å². The predicted octanol–water partition coefficient (Wildman–Crippen LogP) is 2.08. The largest absolute Gasteiger partial charge is 0.439 e. The molecule has 1 atom stereocenters. The molecule has 1 unspecified atom stereocenters. The molecule has 2 fully saturated rings. The average molecular weight is 286 g/mol. The highest BCUT2D eigenvalue weighted by atomic mass is 16.3. The number of nitrogens with two attached hydrogens (primary N) is 1. The molecule has 0 spiro atoms. The van der Waals surface area contributed by atoms with E-state index in [1.54, 1.807) is 0 Å². The molecule has 5 nitrogen and oxygen atoms in total. The van der Waals surface area contributed by atoms with Crippen LogP contribution in [0.15, 0.2) is 22.6 Å². The third-order valence-corrected chi connectivity index (χ3v) is 4.72. The van der Waals surface area contributed by atoms with Crippen molar-refractivity contribution < 1.29 is 4.42 Å². The van der Waals surface area contributed by atoms with Crippen LogP contribution in [0.5, 0.6) is 0 Å². The summed E-state index contributed by atoms with van der Waals surface area (Å²) in [5.41, 5.74) is 8.19. The number of nitrogen functional groups attached to an aromatic ring is 1. The summed E-state index contributed by atoms with van der Waals surface area (Å²) in [6.07, 6.45) is 4.00. The fraction of sp³-hybridized carbons (Fsp3) is 0.562. The van der Waals surface area contributed by atoms with Gasteiger partial charge in [0.15, 0.2) is 5.58 Å². The lowest BCUT2D eigenvalue weighted by Crippen LogP contribution is -2.35. The lowest BCUT2D eigenvalue weighted by Gasteiger charge is -2.23. The van der Waals surface area contributed by atoms with E-state index in [1.165, 1.54) is 32.4 Å². The van der Waals surface area contributed by atoms with E-state index in [0.717, 1.165) is 48.4 Å². The molecule has 0 radical (unpaired) electrons. The van der Waals surface area contributed by atoms with E-state index in [1.807, 2.05) is 18.2 Å². The number of rotatable bonds is 3. The van der Waals surface area contributed by atoms with Gasteiger partial charge in [-0.2, -0.15) is 0 Å². The molecule has 2 aliphatic rings. The molecule has 5 heteroatoms. The van der Waals surface area contributed by atoms with Gasteiger partial charge in [0.1, 0.15) is 5.52 Å². The summed E-state index contributed by atoms with van der Waals surface area (Å²) in [6.45, 7) is 5.64. The number of hydrogen-bond acceptors (Lipinski definition) is 5. The van der Waals surface area contributed by atoms with E-state index in [2.05, 4.69) is 14.8 Å². The monoisotopic (exact) mass is 286 g/mol. The molecule has 1 aromatic heterocycles. The highest BCUT2D eigenvalue weighted by Gasteiger charge is 2.29. The van der Waals surface area contributed by atoms with Gasteiger partial charge in [0, 0.05) is 30.9 Å². The van der Waals surface area contributed by atoms with Gasteiger partial charge in [-0.1, -0.05) is 0 Å². The summed E-state index contributed by atoms with van der Waals surface area (Å²) in [5, 5.41) is 0. The quantitative estimate of drug-likeness (QED) is 0.875. The van der Waals surface area contributed by atoms with Crippen LogP contribution >= 0.6 is 0 Å². The van der Waals surface area contributed by atoms with Crippen LogP contribution < -0.4 is 5.73 Å². The molecule has 1 aromatic carbocycles. The Kier molecular flexibility index (Phi) is 3.31. The van der Waals surface area contributed by atoms with Crippen LogP contribution in [0.4, 0.5) is 5.69 Å². The van der Waals surface area contributed by atoms with Gasteiger partial charge in [0.2, 0.25) is 5.89 Å². The van der Waals surface area contributed by atoms with E-state index in [9.17, 15) is 0 Å². The Morgan fingerprint density at radius 3 is 2.95 bits per heavy atom. The molecule has 3 heterocycles. The van der Waals surface area contributed by atoms with Crippen molar-refractivity contribution in [2.24, 2.45) is 0 Å². The maximum absolute atomic E-state index is 5.83. The highest BCUT2D eigenvalue weighted by molar-refractivity contribution is 5.76. The molecule has 0 saturated carbocycles. The van der Waals surface area contributed by atoms with Crippen LogP contribution in [0.3, 0.4) is 0 Å². The molecule has 2 aliphatic heterocycles. The van der Waals surface area contributed by atoms with Crippen LogP contribution in [-0.4, -0.2) is 47.0 Å². The van der Waals surface area contributed by atoms with Gasteiger partial charge in [-0.25, -0.2) is 4.98 Å². The molecular weight excluding hydrogens is 264 g/mol. The van der Waals surface area contributed by atoms with Crippen molar-refractivity contribution in [1.29, 1.82) is 0 Å². The third kappa shape index (κ3) is 2.63. The number of likely N-dealkylation sites (tertiary alicyclic amines) is 2. The first-order chi connectivity index (χ1) is 10.3. The minimum atomic E-state index is 0.723. The molecule has 0 bridgehead atoms. The summed E-state index contributed by atoms with van der Waals surface area (Å²) < 4.78 is 5.83. The topological polar surface area (TPSA) is 58.5 Å². The zero-order chi connectivity index (χ0) is 14.2. The van der Waals surface area contributed by atoms with Crippen LogP contribution in [-0.2, 0) is 6.54 Å². The maximum Gasteiger partial charge on any atom is 0.209 e. The number of benzene rings is 1. The van der Waals surface area contributed by atoms with Gasteiger partial charge in [0.25, 0.3) is 0 Å². The van der Waals surface area contributed by atoms with Crippen molar-refractivity contribution in [2.75, 3.05) is 31.9 Å². The van der Waals surface area contributed by atoms with E-state index in [4.69, 9.17) is 10.2 Å². The van der Waals surface area contributed by atoms with Gasteiger partial charge in [-0.15, -0.1) is 0 Å². The van der Waals surface area contributed by atoms with Gasteiger partial charge in [0.05, 0.1) is 6.54 Å². The Hall–Kier alpha value is -1.59. The van der Waals surface area contributed by atoms with E-state index >= 15 is 0 Å². The Morgan fingerprint density at radius 2 is 2.10 bits per heavy atom. The van der Waals surface area contributed by atoms with Crippen LogP contribution in [0, 0.1) is 0 Å². The second-order valence-corrected chi connectivity index (χ2v) is 6.26. The van der Waals surface area contributed by atoms with E-state index < -0.39 is 0 Å². The minimum Gasteiger partial charge on any atom is -0.439 e. The zero-order valence-corrected chi connectivity index (χ0v) is 12.3. The molecule has 2 aromatic rings. The summed E-state index contributed by atoms with van der Waals surface area (Å²) in [7, 11) is 0. The SMILES string of the molecule is Nc1ccc2nc(CN3CCC(N4CCCC4)C3)oc2c1. The molecule has 21 heavy (non-hydrogen) atoms. The maximum atomic E-state index is 5.83. The highest BCUT2D eigenvalue weighted by Crippen LogP contribution is 2.23. The number of hydrogen-bond donors (Lipinski definition) is 1. The van der Waals surface area contributed by atoms with Crippen LogP contribution in [0.2, 0.25) is 0 Å². The first-order valence-electron chi connectivity index (χ1n) is 7.89. The fourth-order valence-corrected chi connectivity index (χ4v) is 3.61. The van der Waals surface area contributed by atoms with Gasteiger partial charge in [-0.05, 0) is 44.5 Å². The number of anilines is 1. The summed E-state index contributed by atoms with van der Waals surface area (Å²) in [5.74, 6) is 0.803. The van der Waals surface area contributed by atoms with Gasteiger partial charge >= 0.3 is 0 Å². The smallest absolute Gasteiger partial charge is 0.209 e. The zero-order valence-electron chi connectivity index (χ0n) is 12.3. The first kappa shape index (κ1) is 13.1. The summed E-state index contributed by atoms with van der Waals surface area (Å²) in [6, 6.07) is 6.37. The molecule has 2 saturated heterocycles. The van der Waals surface area contributed by atoms with Crippen molar-refractivity contribution >= 4 is 16.8 Å². The molecular formula is C16H22N4O. The number of nitrogens with zero attached hydrogens (tertiary/aromatic N) is 3. The van der Waals surface area contributed by atoms with E-state index in [-0.39, 0.29) is 0 Å². The summed E-state index contributed by atoms with van der Waals surface area (Å²) >= 11 is 0. The van der Waals surface area contributed by atoms with Gasteiger partial charge < -0.3 is 10.2 Å². The molecule has 112 valence electrons. The lowest BCUT2D eigenvalue weighted by atomic mass is 10.2. The molecule has 4 rings (SSSR count). The Labute approximate surface area is 124 Å². The lowest BCUT2D eigenvalue weighted by molar-refractivity contribution is 0.222. The fourth-order valence-electron chi connectivity index (χ4n) is 3.61. The number of oxazole rings is 1. The van der Waals surface area contributed by atoms with Crippen molar-refractivity contribution in [3.8, 4) is 0 Å². The normalized spacial score (nSPS) is 24.3. The Morgan fingerprint density at radius 1 is 1.24 bits per heavy atom. The first-order valence-corrected chi connectivity index (χ1v) is 7.89. The molecule has 2 N–H and O–H groups in total. The molecule has 0 aliphatic carbocycles. The van der Waals surface area contributed by atoms with Crippen molar-refractivity contribution in [2.45, 2.75) is 31.8 Å². The predicted molar refractivity (Wildman–Crippen MR) is 82.9 cm³/mol.